The van der Waals surface area contributed by atoms with Gasteiger partial charge >= 0.3 is 6.18 Å². The van der Waals surface area contributed by atoms with Gasteiger partial charge in [-0.05, 0) is 53.3 Å². The maximum atomic E-state index is 13.1. The van der Waals surface area contributed by atoms with Crippen molar-refractivity contribution in [3.05, 3.63) is 106 Å². The Morgan fingerprint density at radius 3 is 2.21 bits per heavy atom. The molecule has 2 aliphatic rings. The summed E-state index contributed by atoms with van der Waals surface area (Å²) < 4.78 is 44.9. The molecule has 1 amide bonds. The Hall–Kier alpha value is -2.87. The summed E-state index contributed by atoms with van der Waals surface area (Å²) in [6, 6.07) is 22.7. The van der Waals surface area contributed by atoms with Crippen LogP contribution in [0.3, 0.4) is 0 Å². The van der Waals surface area contributed by atoms with E-state index < -0.39 is 11.7 Å². The van der Waals surface area contributed by atoms with E-state index in [1.807, 2.05) is 35.2 Å². The minimum absolute atomic E-state index is 0.0813. The van der Waals surface area contributed by atoms with E-state index in [0.29, 0.717) is 36.1 Å². The van der Waals surface area contributed by atoms with Crippen LogP contribution >= 0.6 is 11.6 Å². The van der Waals surface area contributed by atoms with E-state index in [9.17, 15) is 18.0 Å². The number of ether oxygens (including phenoxy) is 1. The molecule has 1 heterocycles. The smallest absolute Gasteiger partial charge is 0.368 e. The van der Waals surface area contributed by atoms with E-state index in [0.717, 1.165) is 37.2 Å². The molecule has 0 unspecified atom stereocenters. The molecule has 4 nitrogen and oxygen atoms in total. The Morgan fingerprint density at radius 1 is 0.921 bits per heavy atom. The summed E-state index contributed by atoms with van der Waals surface area (Å²) in [5.41, 5.74) is 2.18. The van der Waals surface area contributed by atoms with Crippen LogP contribution in [0.4, 0.5) is 13.2 Å². The number of carbonyl (C=O) groups is 1. The van der Waals surface area contributed by atoms with Gasteiger partial charge in [0.1, 0.15) is 0 Å². The molecule has 200 valence electrons. The maximum absolute atomic E-state index is 13.1. The summed E-state index contributed by atoms with van der Waals surface area (Å²) in [7, 11) is 0. The standard InChI is InChI=1S/C30H30ClF3N2O2/c31-25-12-8-23(9-13-25)28(38-20-21-6-10-24(11-7-21)30(32,33)34)19-35-14-16-36(17-15-35)29(37)27-18-26(27)22-4-2-1-3-5-22/h1-13,26-28H,14-20H2/t26-,27+,28+/m0/s1. The fourth-order valence-corrected chi connectivity index (χ4v) is 5.20. The number of hydrogen-bond donors (Lipinski definition) is 0. The summed E-state index contributed by atoms with van der Waals surface area (Å²) in [5, 5.41) is 0.622. The quantitative estimate of drug-likeness (QED) is 0.323. The molecule has 38 heavy (non-hydrogen) atoms. The molecule has 0 bridgehead atoms. The van der Waals surface area contributed by atoms with Gasteiger partial charge in [0.25, 0.3) is 0 Å². The third-order valence-corrected chi connectivity index (χ3v) is 7.67. The maximum Gasteiger partial charge on any atom is 0.416 e. The van der Waals surface area contributed by atoms with E-state index in [1.54, 1.807) is 12.1 Å². The van der Waals surface area contributed by atoms with Crippen molar-refractivity contribution < 1.29 is 22.7 Å². The third kappa shape index (κ3) is 6.57. The first-order valence-electron chi connectivity index (χ1n) is 12.9. The predicted octanol–water partition coefficient (Wildman–Crippen LogP) is 6.56. The van der Waals surface area contributed by atoms with Gasteiger partial charge in [-0.3, -0.25) is 9.69 Å². The summed E-state index contributed by atoms with van der Waals surface area (Å²) in [6.07, 6.45) is -3.74. The molecule has 8 heteroatoms. The molecule has 2 fully saturated rings. The van der Waals surface area contributed by atoms with Crippen LogP contribution in [0.5, 0.6) is 0 Å². The number of benzene rings is 3. The molecule has 0 radical (unpaired) electrons. The number of piperazine rings is 1. The Kier molecular flexibility index (Phi) is 8.07. The Labute approximate surface area is 226 Å². The zero-order chi connectivity index (χ0) is 26.7. The second-order valence-electron chi connectivity index (χ2n) is 10.0. The number of hydrogen-bond acceptors (Lipinski definition) is 3. The lowest BCUT2D eigenvalue weighted by Gasteiger charge is -2.36. The van der Waals surface area contributed by atoms with Crippen molar-refractivity contribution >= 4 is 17.5 Å². The number of amides is 1. The highest BCUT2D eigenvalue weighted by atomic mass is 35.5. The lowest BCUT2D eigenvalue weighted by atomic mass is 10.1. The molecule has 1 saturated heterocycles. The van der Waals surface area contributed by atoms with Gasteiger partial charge in [0.2, 0.25) is 5.91 Å². The average Bonchev–Trinajstić information content (AvgIpc) is 3.73. The molecule has 5 rings (SSSR count). The van der Waals surface area contributed by atoms with Crippen LogP contribution in [0.25, 0.3) is 0 Å². The van der Waals surface area contributed by atoms with E-state index in [2.05, 4.69) is 17.0 Å². The van der Waals surface area contributed by atoms with Gasteiger partial charge < -0.3 is 9.64 Å². The lowest BCUT2D eigenvalue weighted by Crippen LogP contribution is -2.50. The second kappa shape index (κ2) is 11.5. The summed E-state index contributed by atoms with van der Waals surface area (Å²) in [6.45, 7) is 3.61. The van der Waals surface area contributed by atoms with Gasteiger partial charge in [0, 0.05) is 43.7 Å². The van der Waals surface area contributed by atoms with Crippen molar-refractivity contribution in [3.8, 4) is 0 Å². The largest absolute Gasteiger partial charge is 0.416 e. The van der Waals surface area contributed by atoms with Gasteiger partial charge in [-0.2, -0.15) is 13.2 Å². The van der Waals surface area contributed by atoms with Gasteiger partial charge in [0.15, 0.2) is 0 Å². The van der Waals surface area contributed by atoms with E-state index >= 15 is 0 Å². The second-order valence-corrected chi connectivity index (χ2v) is 10.5. The minimum Gasteiger partial charge on any atom is -0.368 e. The number of carbonyl (C=O) groups excluding carboxylic acids is 1. The molecular formula is C30H30ClF3N2O2. The molecule has 3 aromatic carbocycles. The Balaban J connectivity index is 1.17. The van der Waals surface area contributed by atoms with Crippen molar-refractivity contribution in [1.82, 2.24) is 9.80 Å². The number of nitrogens with zero attached hydrogens (tertiary/aromatic N) is 2. The van der Waals surface area contributed by atoms with Crippen molar-refractivity contribution in [1.29, 1.82) is 0 Å². The van der Waals surface area contributed by atoms with Crippen LogP contribution in [0.15, 0.2) is 78.9 Å². The van der Waals surface area contributed by atoms with Crippen LogP contribution in [-0.2, 0) is 22.3 Å². The first-order valence-corrected chi connectivity index (χ1v) is 13.2. The van der Waals surface area contributed by atoms with Crippen molar-refractivity contribution in [2.45, 2.75) is 31.2 Å². The van der Waals surface area contributed by atoms with Gasteiger partial charge in [-0.25, -0.2) is 0 Å². The monoisotopic (exact) mass is 542 g/mol. The van der Waals surface area contributed by atoms with Gasteiger partial charge in [-0.1, -0.05) is 66.2 Å². The first kappa shape index (κ1) is 26.7. The van der Waals surface area contributed by atoms with Crippen molar-refractivity contribution in [3.63, 3.8) is 0 Å². The Bertz CT molecular complexity index is 1210. The van der Waals surface area contributed by atoms with E-state index in [1.165, 1.54) is 17.7 Å². The minimum atomic E-state index is -4.36. The van der Waals surface area contributed by atoms with Crippen LogP contribution in [0.1, 0.15) is 40.7 Å². The topological polar surface area (TPSA) is 32.8 Å². The van der Waals surface area contributed by atoms with Crippen LogP contribution in [0, 0.1) is 5.92 Å². The molecule has 3 atom stereocenters. The molecule has 0 spiro atoms. The zero-order valence-electron chi connectivity index (χ0n) is 20.9. The molecule has 0 N–H and O–H groups in total. The van der Waals surface area contributed by atoms with Crippen molar-refractivity contribution in [2.24, 2.45) is 5.92 Å². The summed E-state index contributed by atoms with van der Waals surface area (Å²) in [5.74, 6) is 0.652. The van der Waals surface area contributed by atoms with Crippen LogP contribution < -0.4 is 0 Å². The highest BCUT2D eigenvalue weighted by Crippen LogP contribution is 2.48. The average molecular weight is 543 g/mol. The normalized spacial score (nSPS) is 20.8. The SMILES string of the molecule is O=C([C@@H]1C[C@H]1c1ccccc1)N1CCN(C[C@@H](OCc2ccc(C(F)(F)F)cc2)c2ccc(Cl)cc2)CC1. The first-order chi connectivity index (χ1) is 18.3. The van der Waals surface area contributed by atoms with E-state index in [-0.39, 0.29) is 24.5 Å². The molecule has 0 aromatic heterocycles. The zero-order valence-corrected chi connectivity index (χ0v) is 21.7. The van der Waals surface area contributed by atoms with Gasteiger partial charge in [-0.15, -0.1) is 0 Å². The number of alkyl halides is 3. The predicted molar refractivity (Wildman–Crippen MR) is 141 cm³/mol. The molecular weight excluding hydrogens is 513 g/mol. The number of rotatable bonds is 8. The molecule has 1 aliphatic carbocycles. The van der Waals surface area contributed by atoms with Crippen LogP contribution in [0.2, 0.25) is 5.02 Å². The van der Waals surface area contributed by atoms with E-state index in [4.69, 9.17) is 16.3 Å². The number of halogens is 4. The molecule has 1 saturated carbocycles. The fraction of sp³-hybridized carbons (Fsp3) is 0.367. The summed E-state index contributed by atoms with van der Waals surface area (Å²) >= 11 is 6.08. The highest BCUT2D eigenvalue weighted by Gasteiger charge is 2.46. The summed E-state index contributed by atoms with van der Waals surface area (Å²) in [4.78, 5) is 17.3. The third-order valence-electron chi connectivity index (χ3n) is 7.42. The lowest BCUT2D eigenvalue weighted by molar-refractivity contribution is -0.137. The fourth-order valence-electron chi connectivity index (χ4n) is 5.07. The van der Waals surface area contributed by atoms with Crippen LogP contribution in [-0.4, -0.2) is 48.4 Å². The highest BCUT2D eigenvalue weighted by molar-refractivity contribution is 6.30. The van der Waals surface area contributed by atoms with Gasteiger partial charge in [0.05, 0.1) is 18.3 Å². The molecule has 1 aliphatic heterocycles. The Morgan fingerprint density at radius 2 is 1.58 bits per heavy atom. The molecule has 3 aromatic rings. The van der Waals surface area contributed by atoms with Crippen molar-refractivity contribution in [2.75, 3.05) is 32.7 Å².